The molecule has 4 aromatic rings. The van der Waals surface area contributed by atoms with Gasteiger partial charge in [0.05, 0.1) is 17.3 Å². The number of H-pyrrole nitrogens is 1. The summed E-state index contributed by atoms with van der Waals surface area (Å²) in [6, 6.07) is 18.1. The number of amides is 1. The van der Waals surface area contributed by atoms with Gasteiger partial charge in [0.2, 0.25) is 5.91 Å². The molecular weight excluding hydrogens is 390 g/mol. The van der Waals surface area contributed by atoms with Crippen LogP contribution in [0.5, 0.6) is 0 Å². The van der Waals surface area contributed by atoms with E-state index in [9.17, 15) is 4.79 Å². The molecule has 0 aliphatic heterocycles. The van der Waals surface area contributed by atoms with Gasteiger partial charge in [-0.15, -0.1) is 0 Å². The minimum atomic E-state index is -0.199. The largest absolute Gasteiger partial charge is 0.353 e. The molecule has 0 fully saturated rings. The monoisotopic (exact) mass is 407 g/mol. The Kier molecular flexibility index (Phi) is 4.47. The summed E-state index contributed by atoms with van der Waals surface area (Å²) in [5.74, 6) is -0.0661. The molecule has 2 heterocycles. The number of halogens is 1. The van der Waals surface area contributed by atoms with Gasteiger partial charge >= 0.3 is 0 Å². The Morgan fingerprint density at radius 1 is 1.15 bits per heavy atom. The zero-order valence-electron chi connectivity index (χ0n) is 14.3. The molecule has 5 heteroatoms. The topological polar surface area (TPSA) is 57.8 Å². The van der Waals surface area contributed by atoms with Crippen LogP contribution in [0.3, 0.4) is 0 Å². The molecule has 0 bridgehead atoms. The maximum absolute atomic E-state index is 11.8. The minimum Gasteiger partial charge on any atom is -0.353 e. The van der Waals surface area contributed by atoms with Crippen LogP contribution in [0.15, 0.2) is 65.3 Å². The Morgan fingerprint density at radius 3 is 2.73 bits per heavy atom. The van der Waals surface area contributed by atoms with Crippen LogP contribution in [0.2, 0.25) is 0 Å². The van der Waals surface area contributed by atoms with Gasteiger partial charge in [-0.05, 0) is 30.2 Å². The standard InChI is InChI=1S/C21H18BrN3O/c1-13(26)24-19(11-14-5-3-2-4-6-14)21-20-17(9-10-23-21)16-8-7-15(22)12-18(16)25-20/h2-10,12,19,25H,11H2,1H3,(H,24,26). The van der Waals surface area contributed by atoms with Crippen LogP contribution in [-0.4, -0.2) is 15.9 Å². The van der Waals surface area contributed by atoms with E-state index in [1.54, 1.807) is 6.92 Å². The van der Waals surface area contributed by atoms with Crippen LogP contribution in [0.4, 0.5) is 0 Å². The van der Waals surface area contributed by atoms with Crippen LogP contribution in [-0.2, 0) is 11.2 Å². The van der Waals surface area contributed by atoms with E-state index in [4.69, 9.17) is 0 Å². The van der Waals surface area contributed by atoms with Crippen molar-refractivity contribution in [3.63, 3.8) is 0 Å². The summed E-state index contributed by atoms with van der Waals surface area (Å²) >= 11 is 3.52. The van der Waals surface area contributed by atoms with Crippen LogP contribution < -0.4 is 5.32 Å². The number of hydrogen-bond acceptors (Lipinski definition) is 2. The Balaban J connectivity index is 1.85. The van der Waals surface area contributed by atoms with E-state index < -0.39 is 0 Å². The van der Waals surface area contributed by atoms with Crippen molar-refractivity contribution in [2.75, 3.05) is 0 Å². The third-order valence-corrected chi connectivity index (χ3v) is 5.00. The van der Waals surface area contributed by atoms with Crippen LogP contribution >= 0.6 is 15.9 Å². The number of nitrogens with one attached hydrogen (secondary N) is 2. The molecule has 26 heavy (non-hydrogen) atoms. The summed E-state index contributed by atoms with van der Waals surface area (Å²) in [4.78, 5) is 19.9. The van der Waals surface area contributed by atoms with Gasteiger partial charge in [0.1, 0.15) is 0 Å². The predicted octanol–water partition coefficient (Wildman–Crippen LogP) is 4.90. The number of benzene rings is 2. The van der Waals surface area contributed by atoms with Crippen LogP contribution in [0.1, 0.15) is 24.2 Å². The molecule has 0 saturated carbocycles. The fourth-order valence-corrected chi connectivity index (χ4v) is 3.76. The number of nitrogens with zero attached hydrogens (tertiary/aromatic N) is 1. The molecule has 4 rings (SSSR count). The van der Waals surface area contributed by atoms with Gasteiger partial charge in [-0.2, -0.15) is 0 Å². The number of aromatic amines is 1. The molecule has 2 aromatic carbocycles. The summed E-state index contributed by atoms with van der Waals surface area (Å²) in [6.07, 6.45) is 2.50. The summed E-state index contributed by atoms with van der Waals surface area (Å²) in [7, 11) is 0. The highest BCUT2D eigenvalue weighted by Gasteiger charge is 2.20. The summed E-state index contributed by atoms with van der Waals surface area (Å²) in [5.41, 5.74) is 4.03. The number of fused-ring (bicyclic) bond motifs is 3. The number of carbonyl (C=O) groups excluding carboxylic acids is 1. The Hall–Kier alpha value is -2.66. The molecular formula is C21H18BrN3O. The first-order chi connectivity index (χ1) is 12.6. The van der Waals surface area contributed by atoms with Gasteiger partial charge < -0.3 is 10.3 Å². The average molecular weight is 408 g/mol. The third-order valence-electron chi connectivity index (χ3n) is 4.50. The fourth-order valence-electron chi connectivity index (χ4n) is 3.40. The zero-order valence-corrected chi connectivity index (χ0v) is 15.9. The number of aromatic nitrogens is 2. The molecule has 1 atom stereocenters. The number of pyridine rings is 1. The van der Waals surface area contributed by atoms with E-state index in [0.29, 0.717) is 6.42 Å². The lowest BCUT2D eigenvalue weighted by molar-refractivity contribution is -0.119. The number of carbonyl (C=O) groups is 1. The number of rotatable bonds is 4. The molecule has 1 amide bonds. The van der Waals surface area contributed by atoms with E-state index in [-0.39, 0.29) is 11.9 Å². The van der Waals surface area contributed by atoms with Gasteiger partial charge in [-0.25, -0.2) is 0 Å². The second kappa shape index (κ2) is 6.92. The summed E-state index contributed by atoms with van der Waals surface area (Å²) in [6.45, 7) is 1.54. The van der Waals surface area contributed by atoms with Crippen molar-refractivity contribution in [1.29, 1.82) is 0 Å². The molecule has 2 aromatic heterocycles. The van der Waals surface area contributed by atoms with Crippen molar-refractivity contribution >= 4 is 43.6 Å². The third kappa shape index (κ3) is 3.22. The Labute approximate surface area is 159 Å². The van der Waals surface area contributed by atoms with Gasteiger partial charge in [0, 0.05) is 33.9 Å². The highest BCUT2D eigenvalue weighted by atomic mass is 79.9. The fraction of sp³-hybridized carbons (Fsp3) is 0.143. The quantitative estimate of drug-likeness (QED) is 0.505. The molecule has 0 aliphatic rings. The van der Waals surface area contributed by atoms with Crippen molar-refractivity contribution in [2.45, 2.75) is 19.4 Å². The number of hydrogen-bond donors (Lipinski definition) is 2. The van der Waals surface area contributed by atoms with Gasteiger partial charge in [0.25, 0.3) is 0 Å². The van der Waals surface area contributed by atoms with E-state index in [1.165, 1.54) is 0 Å². The van der Waals surface area contributed by atoms with Gasteiger partial charge in [0.15, 0.2) is 0 Å². The highest BCUT2D eigenvalue weighted by Crippen LogP contribution is 2.31. The van der Waals surface area contributed by atoms with Crippen molar-refractivity contribution in [1.82, 2.24) is 15.3 Å². The van der Waals surface area contributed by atoms with Gasteiger partial charge in [-0.3, -0.25) is 9.78 Å². The normalized spacial score (nSPS) is 12.4. The molecule has 0 saturated heterocycles. The van der Waals surface area contributed by atoms with Crippen LogP contribution in [0.25, 0.3) is 21.8 Å². The van der Waals surface area contributed by atoms with E-state index >= 15 is 0 Å². The lowest BCUT2D eigenvalue weighted by atomic mass is 10.0. The molecule has 130 valence electrons. The smallest absolute Gasteiger partial charge is 0.217 e. The first-order valence-electron chi connectivity index (χ1n) is 8.48. The highest BCUT2D eigenvalue weighted by molar-refractivity contribution is 9.10. The maximum Gasteiger partial charge on any atom is 0.217 e. The Morgan fingerprint density at radius 2 is 1.96 bits per heavy atom. The van der Waals surface area contributed by atoms with Crippen molar-refractivity contribution in [3.8, 4) is 0 Å². The van der Waals surface area contributed by atoms with Crippen molar-refractivity contribution < 1.29 is 4.79 Å². The second-order valence-corrected chi connectivity index (χ2v) is 7.29. The first kappa shape index (κ1) is 16.8. The summed E-state index contributed by atoms with van der Waals surface area (Å²) < 4.78 is 1.02. The predicted molar refractivity (Wildman–Crippen MR) is 108 cm³/mol. The average Bonchev–Trinajstić information content (AvgIpc) is 2.99. The zero-order chi connectivity index (χ0) is 18.1. The molecule has 4 nitrogen and oxygen atoms in total. The van der Waals surface area contributed by atoms with E-state index in [0.717, 1.165) is 37.5 Å². The summed E-state index contributed by atoms with van der Waals surface area (Å²) in [5, 5.41) is 5.32. The molecule has 0 radical (unpaired) electrons. The molecule has 2 N–H and O–H groups in total. The van der Waals surface area contributed by atoms with Crippen molar-refractivity contribution in [3.05, 3.63) is 76.5 Å². The Bertz CT molecular complexity index is 1090. The molecule has 1 unspecified atom stereocenters. The van der Waals surface area contributed by atoms with Gasteiger partial charge in [-0.1, -0.05) is 52.3 Å². The van der Waals surface area contributed by atoms with E-state index in [2.05, 4.69) is 55.5 Å². The van der Waals surface area contributed by atoms with Crippen molar-refractivity contribution in [2.24, 2.45) is 0 Å². The molecule has 0 aliphatic carbocycles. The lowest BCUT2D eigenvalue weighted by Gasteiger charge is -2.18. The second-order valence-electron chi connectivity index (χ2n) is 6.38. The minimum absolute atomic E-state index is 0.0661. The SMILES string of the molecule is CC(=O)NC(Cc1ccccc1)c1nccc2c1[nH]c1cc(Br)ccc12. The molecule has 0 spiro atoms. The maximum atomic E-state index is 11.8. The van der Waals surface area contributed by atoms with E-state index in [1.807, 2.05) is 36.5 Å². The first-order valence-corrected chi connectivity index (χ1v) is 9.28. The lowest BCUT2D eigenvalue weighted by Crippen LogP contribution is -2.28. The van der Waals surface area contributed by atoms with Crippen LogP contribution in [0, 0.1) is 0 Å².